The SMILES string of the molecule is Cc1ccn2c(C(=O)CCc3ccc(N4CCOCC4)cc3)c(C)nc2c1.Cc1ccn2c(C(=O)CCc3ccc(N4CCOCC4)cc3)c(C)nc2c1. The molecule has 2 fully saturated rings. The summed E-state index contributed by atoms with van der Waals surface area (Å²) in [5, 5.41) is 0. The lowest BCUT2D eigenvalue weighted by molar-refractivity contribution is 0.0968. The van der Waals surface area contributed by atoms with Crippen LogP contribution in [0.2, 0.25) is 0 Å². The van der Waals surface area contributed by atoms with Gasteiger partial charge in [-0.2, -0.15) is 0 Å². The molecule has 2 aliphatic heterocycles. The van der Waals surface area contributed by atoms with Gasteiger partial charge in [0, 0.05) is 62.8 Å². The fraction of sp³-hybridized carbons (Fsp3) is 0.364. The largest absolute Gasteiger partial charge is 0.378 e. The standard InChI is InChI=1S/2C22H25N3O2/c2*1-16-9-10-25-21(15-16)23-17(2)22(25)20(26)8-5-18-3-6-19(7-4-18)24-11-13-27-14-12-24/h2*3-4,6-7,9-10,15H,5,8,11-14H2,1-2H3. The fourth-order valence-electron chi connectivity index (χ4n) is 7.34. The number of carbonyl (C=O) groups is 2. The second-order valence-electron chi connectivity index (χ2n) is 14.3. The molecule has 0 spiro atoms. The van der Waals surface area contributed by atoms with Crippen molar-refractivity contribution in [2.24, 2.45) is 0 Å². The van der Waals surface area contributed by atoms with E-state index in [1.165, 1.54) is 22.5 Å². The maximum Gasteiger partial charge on any atom is 0.181 e. The van der Waals surface area contributed by atoms with Crippen molar-refractivity contribution in [3.05, 3.63) is 130 Å². The molecule has 2 saturated heterocycles. The average Bonchev–Trinajstić information content (AvgIpc) is 3.71. The van der Waals surface area contributed by atoms with E-state index < -0.39 is 0 Å². The number of aromatic nitrogens is 4. The van der Waals surface area contributed by atoms with Crippen molar-refractivity contribution in [3.8, 4) is 0 Å². The molecule has 6 heterocycles. The monoisotopic (exact) mass is 726 g/mol. The first kappa shape index (κ1) is 37.0. The molecule has 2 aromatic carbocycles. The molecule has 0 amide bonds. The lowest BCUT2D eigenvalue weighted by Crippen LogP contribution is -2.36. The van der Waals surface area contributed by atoms with Crippen LogP contribution >= 0.6 is 0 Å². The number of ether oxygens (including phenoxy) is 2. The summed E-state index contributed by atoms with van der Waals surface area (Å²) in [6.45, 7) is 14.8. The highest BCUT2D eigenvalue weighted by Crippen LogP contribution is 2.22. The Morgan fingerprint density at radius 2 is 0.926 bits per heavy atom. The van der Waals surface area contributed by atoms with Gasteiger partial charge in [-0.25, -0.2) is 9.97 Å². The molecule has 8 rings (SSSR count). The smallest absolute Gasteiger partial charge is 0.181 e. The number of anilines is 2. The molecule has 0 saturated carbocycles. The molecule has 280 valence electrons. The molecule has 0 bridgehead atoms. The first-order chi connectivity index (χ1) is 26.2. The zero-order valence-corrected chi connectivity index (χ0v) is 31.9. The summed E-state index contributed by atoms with van der Waals surface area (Å²) in [6, 6.07) is 25.1. The van der Waals surface area contributed by atoms with E-state index in [0.717, 1.165) is 99.3 Å². The summed E-state index contributed by atoms with van der Waals surface area (Å²) >= 11 is 0. The quantitative estimate of drug-likeness (QED) is 0.137. The van der Waals surface area contributed by atoms with Gasteiger partial charge in [-0.05, 0) is 111 Å². The van der Waals surface area contributed by atoms with E-state index in [1.54, 1.807) is 0 Å². The van der Waals surface area contributed by atoms with Gasteiger partial charge in [0.05, 0.1) is 37.8 Å². The Balaban J connectivity index is 0.000000167. The molecule has 10 heteroatoms. The molecule has 4 aromatic heterocycles. The second kappa shape index (κ2) is 16.8. The molecule has 2 aliphatic rings. The Labute approximate surface area is 317 Å². The number of pyridine rings is 2. The number of Topliss-reactive ketones (excluding diaryl/α,β-unsaturated/α-hetero) is 2. The summed E-state index contributed by atoms with van der Waals surface area (Å²) in [4.78, 5) is 39.4. The van der Waals surface area contributed by atoms with Crippen LogP contribution < -0.4 is 9.80 Å². The van der Waals surface area contributed by atoms with E-state index in [1.807, 2.05) is 73.2 Å². The first-order valence-corrected chi connectivity index (χ1v) is 19.0. The Morgan fingerprint density at radius 3 is 1.30 bits per heavy atom. The molecule has 0 atom stereocenters. The predicted molar refractivity (Wildman–Crippen MR) is 214 cm³/mol. The van der Waals surface area contributed by atoms with Gasteiger partial charge < -0.3 is 19.3 Å². The Hall–Kier alpha value is -5.32. The van der Waals surface area contributed by atoms with Crippen LogP contribution in [0.4, 0.5) is 11.4 Å². The molecule has 0 N–H and O–H groups in total. The number of rotatable bonds is 10. The summed E-state index contributed by atoms with van der Waals surface area (Å²) in [5.41, 5.74) is 11.8. The van der Waals surface area contributed by atoms with E-state index >= 15 is 0 Å². The summed E-state index contributed by atoms with van der Waals surface area (Å²) < 4.78 is 14.6. The number of nitrogens with zero attached hydrogens (tertiary/aromatic N) is 6. The van der Waals surface area contributed by atoms with Crippen molar-refractivity contribution in [1.82, 2.24) is 18.8 Å². The number of imidazole rings is 2. The van der Waals surface area contributed by atoms with Crippen molar-refractivity contribution >= 4 is 34.2 Å². The van der Waals surface area contributed by atoms with Gasteiger partial charge in [0.1, 0.15) is 22.7 Å². The summed E-state index contributed by atoms with van der Waals surface area (Å²) in [7, 11) is 0. The number of hydrogen-bond donors (Lipinski definition) is 0. The second-order valence-corrected chi connectivity index (χ2v) is 14.3. The van der Waals surface area contributed by atoms with Crippen LogP contribution in [-0.4, -0.2) is 82.9 Å². The molecule has 0 aliphatic carbocycles. The normalized spacial score (nSPS) is 14.7. The Bertz CT molecular complexity index is 2070. The van der Waals surface area contributed by atoms with Crippen LogP contribution in [0.3, 0.4) is 0 Å². The van der Waals surface area contributed by atoms with Crippen LogP contribution in [0.25, 0.3) is 11.3 Å². The van der Waals surface area contributed by atoms with E-state index in [9.17, 15) is 9.59 Å². The lowest BCUT2D eigenvalue weighted by Gasteiger charge is -2.28. The number of benzene rings is 2. The molecule has 10 nitrogen and oxygen atoms in total. The average molecular weight is 727 g/mol. The maximum atomic E-state index is 12.8. The van der Waals surface area contributed by atoms with Gasteiger partial charge in [0.2, 0.25) is 0 Å². The van der Waals surface area contributed by atoms with Gasteiger partial charge in [-0.15, -0.1) is 0 Å². The van der Waals surface area contributed by atoms with E-state index in [-0.39, 0.29) is 11.6 Å². The van der Waals surface area contributed by atoms with Gasteiger partial charge in [-0.3, -0.25) is 18.4 Å². The number of fused-ring (bicyclic) bond motifs is 2. The van der Waals surface area contributed by atoms with Crippen molar-refractivity contribution in [2.75, 3.05) is 62.4 Å². The highest BCUT2D eigenvalue weighted by atomic mass is 16.5. The van der Waals surface area contributed by atoms with Crippen molar-refractivity contribution in [2.45, 2.75) is 53.4 Å². The predicted octanol–water partition coefficient (Wildman–Crippen LogP) is 7.21. The van der Waals surface area contributed by atoms with Crippen LogP contribution in [0.5, 0.6) is 0 Å². The minimum Gasteiger partial charge on any atom is -0.378 e. The minimum absolute atomic E-state index is 0.140. The highest BCUT2D eigenvalue weighted by molar-refractivity contribution is 5.97. The van der Waals surface area contributed by atoms with Crippen LogP contribution in [0.1, 0.15) is 67.5 Å². The minimum atomic E-state index is 0.140. The molecule has 0 radical (unpaired) electrons. The van der Waals surface area contributed by atoms with Gasteiger partial charge in [0.15, 0.2) is 11.6 Å². The zero-order valence-electron chi connectivity index (χ0n) is 31.9. The number of ketones is 2. The van der Waals surface area contributed by atoms with E-state index in [4.69, 9.17) is 9.47 Å². The van der Waals surface area contributed by atoms with E-state index in [0.29, 0.717) is 24.2 Å². The maximum absolute atomic E-state index is 12.8. The Morgan fingerprint density at radius 1 is 0.556 bits per heavy atom. The van der Waals surface area contributed by atoms with Gasteiger partial charge >= 0.3 is 0 Å². The highest BCUT2D eigenvalue weighted by Gasteiger charge is 2.19. The van der Waals surface area contributed by atoms with Crippen molar-refractivity contribution < 1.29 is 19.1 Å². The van der Waals surface area contributed by atoms with Crippen LogP contribution in [0, 0.1) is 27.7 Å². The third-order valence-corrected chi connectivity index (χ3v) is 10.3. The van der Waals surface area contributed by atoms with Crippen LogP contribution in [0.15, 0.2) is 85.2 Å². The summed E-state index contributed by atoms with van der Waals surface area (Å²) in [6.07, 6.45) is 6.32. The number of carbonyl (C=O) groups excluding carboxylic acids is 2. The molecule has 54 heavy (non-hydrogen) atoms. The fourth-order valence-corrected chi connectivity index (χ4v) is 7.34. The molecular weight excluding hydrogens is 677 g/mol. The van der Waals surface area contributed by atoms with Crippen molar-refractivity contribution in [3.63, 3.8) is 0 Å². The topological polar surface area (TPSA) is 93.7 Å². The number of hydrogen-bond acceptors (Lipinski definition) is 8. The molecular formula is C44H50N6O4. The van der Waals surface area contributed by atoms with Crippen LogP contribution in [-0.2, 0) is 22.3 Å². The number of morpholine rings is 2. The molecule has 6 aromatic rings. The van der Waals surface area contributed by atoms with Crippen molar-refractivity contribution in [1.29, 1.82) is 0 Å². The lowest BCUT2D eigenvalue weighted by atomic mass is 10.0. The summed E-state index contributed by atoms with van der Waals surface area (Å²) in [5.74, 6) is 0.280. The number of aryl methyl sites for hydroxylation is 6. The van der Waals surface area contributed by atoms with Gasteiger partial charge in [0.25, 0.3) is 0 Å². The molecule has 0 unspecified atom stereocenters. The first-order valence-electron chi connectivity index (χ1n) is 19.0. The van der Waals surface area contributed by atoms with E-state index in [2.05, 4.69) is 68.3 Å². The third-order valence-electron chi connectivity index (χ3n) is 10.3. The van der Waals surface area contributed by atoms with Gasteiger partial charge in [-0.1, -0.05) is 24.3 Å². The Kier molecular flexibility index (Phi) is 11.5. The third kappa shape index (κ3) is 8.56. The zero-order chi connectivity index (χ0) is 37.6.